The highest BCUT2D eigenvalue weighted by molar-refractivity contribution is 7.99. The summed E-state index contributed by atoms with van der Waals surface area (Å²) >= 11 is 2.08. The van der Waals surface area contributed by atoms with Crippen molar-refractivity contribution in [3.8, 4) is 0 Å². The summed E-state index contributed by atoms with van der Waals surface area (Å²) in [6, 6.07) is 2.56. The van der Waals surface area contributed by atoms with E-state index >= 15 is 0 Å². The van der Waals surface area contributed by atoms with Crippen LogP contribution in [0.15, 0.2) is 18.6 Å². The molecule has 4 nitrogen and oxygen atoms in total. The van der Waals surface area contributed by atoms with Gasteiger partial charge in [0.2, 0.25) is 0 Å². The lowest BCUT2D eigenvalue weighted by molar-refractivity contribution is 0.753. The highest BCUT2D eigenvalue weighted by Gasteiger charge is 2.25. The van der Waals surface area contributed by atoms with E-state index in [0.29, 0.717) is 6.04 Å². The van der Waals surface area contributed by atoms with Gasteiger partial charge in [0.15, 0.2) is 5.82 Å². The van der Waals surface area contributed by atoms with Crippen LogP contribution >= 0.6 is 11.8 Å². The van der Waals surface area contributed by atoms with E-state index in [-0.39, 0.29) is 0 Å². The summed E-state index contributed by atoms with van der Waals surface area (Å²) in [6.07, 6.45) is 7.50. The number of anilines is 1. The SMILES string of the molecule is CCSC1CCC(Nc2nccc3c2ncn3C)C1. The molecule has 1 saturated carbocycles. The summed E-state index contributed by atoms with van der Waals surface area (Å²) in [6.45, 7) is 2.24. The smallest absolute Gasteiger partial charge is 0.154 e. The molecule has 1 aliphatic rings. The van der Waals surface area contributed by atoms with Gasteiger partial charge >= 0.3 is 0 Å². The molecular weight excluding hydrogens is 256 g/mol. The standard InChI is InChI=1S/C14H20N4S/c1-3-19-11-5-4-10(8-11)17-14-13-12(6-7-15-14)18(2)9-16-13/h6-7,9-11H,3-5,8H2,1-2H3,(H,15,17). The quantitative estimate of drug-likeness (QED) is 0.932. The highest BCUT2D eigenvalue weighted by Crippen LogP contribution is 2.32. The Morgan fingerprint density at radius 1 is 1.42 bits per heavy atom. The first-order valence-corrected chi connectivity index (χ1v) is 7.97. The fraction of sp³-hybridized carbons (Fsp3) is 0.571. The maximum absolute atomic E-state index is 4.46. The van der Waals surface area contributed by atoms with Gasteiger partial charge in [0, 0.05) is 24.5 Å². The number of aromatic nitrogens is 3. The fourth-order valence-electron chi connectivity index (χ4n) is 2.82. The molecule has 3 rings (SSSR count). The number of nitrogens with zero attached hydrogens (tertiary/aromatic N) is 3. The molecule has 5 heteroatoms. The van der Waals surface area contributed by atoms with Crippen molar-refractivity contribution in [2.45, 2.75) is 37.5 Å². The Bertz CT molecular complexity index is 566. The molecule has 102 valence electrons. The third kappa shape index (κ3) is 2.56. The van der Waals surface area contributed by atoms with E-state index in [1.165, 1.54) is 25.0 Å². The zero-order valence-electron chi connectivity index (χ0n) is 11.5. The Morgan fingerprint density at radius 3 is 3.16 bits per heavy atom. The number of nitrogens with one attached hydrogen (secondary N) is 1. The zero-order chi connectivity index (χ0) is 13.2. The number of hydrogen-bond donors (Lipinski definition) is 1. The van der Waals surface area contributed by atoms with Crippen LogP contribution in [-0.2, 0) is 7.05 Å². The molecule has 1 fully saturated rings. The number of rotatable bonds is 4. The minimum atomic E-state index is 0.546. The van der Waals surface area contributed by atoms with Gasteiger partial charge in [0.1, 0.15) is 5.52 Å². The normalized spacial score (nSPS) is 23.1. The van der Waals surface area contributed by atoms with Crippen molar-refractivity contribution >= 4 is 28.6 Å². The molecule has 2 heterocycles. The summed E-state index contributed by atoms with van der Waals surface area (Å²) in [5.74, 6) is 2.15. The second kappa shape index (κ2) is 5.41. The van der Waals surface area contributed by atoms with E-state index in [2.05, 4.69) is 34.0 Å². The fourth-order valence-corrected chi connectivity index (χ4v) is 3.96. The number of fused-ring (bicyclic) bond motifs is 1. The summed E-state index contributed by atoms with van der Waals surface area (Å²) < 4.78 is 2.03. The lowest BCUT2D eigenvalue weighted by Gasteiger charge is -2.14. The number of hydrogen-bond acceptors (Lipinski definition) is 4. The molecule has 2 aromatic rings. The van der Waals surface area contributed by atoms with E-state index < -0.39 is 0 Å². The van der Waals surface area contributed by atoms with Gasteiger partial charge in [-0.15, -0.1) is 0 Å². The van der Waals surface area contributed by atoms with Crippen LogP contribution in [0, 0.1) is 0 Å². The molecule has 0 aromatic carbocycles. The molecule has 0 saturated heterocycles. The third-order valence-corrected chi connectivity index (χ3v) is 5.00. The Kier molecular flexibility index (Phi) is 3.64. The molecule has 0 aliphatic heterocycles. The number of aryl methyl sites for hydroxylation is 1. The lowest BCUT2D eigenvalue weighted by Crippen LogP contribution is -2.17. The molecule has 19 heavy (non-hydrogen) atoms. The largest absolute Gasteiger partial charge is 0.365 e. The molecule has 2 unspecified atom stereocenters. The van der Waals surface area contributed by atoms with Gasteiger partial charge in [-0.1, -0.05) is 6.92 Å². The van der Waals surface area contributed by atoms with Crippen LogP contribution in [0.4, 0.5) is 5.82 Å². The summed E-state index contributed by atoms with van der Waals surface area (Å²) in [5, 5.41) is 4.40. The Labute approximate surface area is 118 Å². The lowest BCUT2D eigenvalue weighted by atomic mass is 10.2. The molecule has 1 aliphatic carbocycles. The first kappa shape index (κ1) is 12.8. The van der Waals surface area contributed by atoms with E-state index in [1.807, 2.05) is 30.2 Å². The van der Waals surface area contributed by atoms with E-state index in [9.17, 15) is 0 Å². The van der Waals surface area contributed by atoms with Gasteiger partial charge in [0.25, 0.3) is 0 Å². The average molecular weight is 276 g/mol. The van der Waals surface area contributed by atoms with E-state index in [1.54, 1.807) is 0 Å². The van der Waals surface area contributed by atoms with Crippen LogP contribution in [0.2, 0.25) is 0 Å². The molecule has 0 spiro atoms. The first-order chi connectivity index (χ1) is 9.28. The molecule has 2 atom stereocenters. The monoisotopic (exact) mass is 276 g/mol. The molecule has 2 aromatic heterocycles. The highest BCUT2D eigenvalue weighted by atomic mass is 32.2. The maximum atomic E-state index is 4.46. The minimum absolute atomic E-state index is 0.546. The van der Waals surface area contributed by atoms with Crippen LogP contribution in [0.5, 0.6) is 0 Å². The van der Waals surface area contributed by atoms with Gasteiger partial charge in [-0.25, -0.2) is 9.97 Å². The predicted molar refractivity (Wildman–Crippen MR) is 81.7 cm³/mol. The van der Waals surface area contributed by atoms with Crippen LogP contribution in [0.25, 0.3) is 11.0 Å². The number of pyridine rings is 1. The number of thioether (sulfide) groups is 1. The third-order valence-electron chi connectivity index (χ3n) is 3.77. The molecule has 0 bridgehead atoms. The van der Waals surface area contributed by atoms with Crippen molar-refractivity contribution in [1.82, 2.24) is 14.5 Å². The summed E-state index contributed by atoms with van der Waals surface area (Å²) in [7, 11) is 2.02. The van der Waals surface area contributed by atoms with Crippen LogP contribution in [0.3, 0.4) is 0 Å². The molecule has 1 N–H and O–H groups in total. The van der Waals surface area contributed by atoms with Crippen molar-refractivity contribution in [2.75, 3.05) is 11.1 Å². The summed E-state index contributed by atoms with van der Waals surface area (Å²) in [5.41, 5.74) is 2.12. The van der Waals surface area contributed by atoms with Crippen molar-refractivity contribution in [3.05, 3.63) is 18.6 Å². The minimum Gasteiger partial charge on any atom is -0.365 e. The van der Waals surface area contributed by atoms with Gasteiger partial charge in [-0.2, -0.15) is 11.8 Å². The van der Waals surface area contributed by atoms with Gasteiger partial charge in [-0.05, 0) is 31.1 Å². The molecule has 0 amide bonds. The molecular formula is C14H20N4S. The van der Waals surface area contributed by atoms with Gasteiger partial charge in [0.05, 0.1) is 11.8 Å². The van der Waals surface area contributed by atoms with E-state index in [0.717, 1.165) is 22.1 Å². The predicted octanol–water partition coefficient (Wildman–Crippen LogP) is 3.05. The van der Waals surface area contributed by atoms with Crippen molar-refractivity contribution in [3.63, 3.8) is 0 Å². The Morgan fingerprint density at radius 2 is 2.32 bits per heavy atom. The number of imidazole rings is 1. The van der Waals surface area contributed by atoms with E-state index in [4.69, 9.17) is 0 Å². The van der Waals surface area contributed by atoms with Crippen molar-refractivity contribution in [1.29, 1.82) is 0 Å². The van der Waals surface area contributed by atoms with Crippen LogP contribution in [0.1, 0.15) is 26.2 Å². The topological polar surface area (TPSA) is 42.7 Å². The average Bonchev–Trinajstić information content (AvgIpc) is 2.99. The van der Waals surface area contributed by atoms with Crippen molar-refractivity contribution in [2.24, 2.45) is 7.05 Å². The Balaban J connectivity index is 1.75. The zero-order valence-corrected chi connectivity index (χ0v) is 12.3. The first-order valence-electron chi connectivity index (χ1n) is 6.92. The van der Waals surface area contributed by atoms with Crippen molar-refractivity contribution < 1.29 is 0 Å². The van der Waals surface area contributed by atoms with Gasteiger partial charge < -0.3 is 9.88 Å². The van der Waals surface area contributed by atoms with Crippen LogP contribution < -0.4 is 5.32 Å². The maximum Gasteiger partial charge on any atom is 0.154 e. The van der Waals surface area contributed by atoms with Crippen LogP contribution in [-0.4, -0.2) is 31.6 Å². The Hall–Kier alpha value is -1.23. The molecule has 0 radical (unpaired) electrons. The van der Waals surface area contributed by atoms with Gasteiger partial charge in [-0.3, -0.25) is 0 Å². The summed E-state index contributed by atoms with van der Waals surface area (Å²) in [4.78, 5) is 8.91. The second-order valence-electron chi connectivity index (χ2n) is 5.11. The second-order valence-corrected chi connectivity index (χ2v) is 6.69.